The van der Waals surface area contributed by atoms with Crippen molar-refractivity contribution in [1.82, 2.24) is 4.72 Å². The summed E-state index contributed by atoms with van der Waals surface area (Å²) in [6.07, 6.45) is 0.995. The molecule has 0 spiro atoms. The second-order valence-electron chi connectivity index (χ2n) is 2.82. The van der Waals surface area contributed by atoms with E-state index < -0.39 is 28.0 Å². The summed E-state index contributed by atoms with van der Waals surface area (Å²) < 4.78 is 57.6. The third kappa shape index (κ3) is 4.62. The van der Waals surface area contributed by atoms with E-state index in [2.05, 4.69) is 0 Å². The van der Waals surface area contributed by atoms with Crippen LogP contribution in [0.2, 0.25) is 0 Å². The quantitative estimate of drug-likeness (QED) is 0.567. The number of alkyl halides is 3. The van der Waals surface area contributed by atoms with Gasteiger partial charge in [-0.2, -0.15) is 13.2 Å². The highest BCUT2D eigenvalue weighted by Gasteiger charge is 2.45. The van der Waals surface area contributed by atoms with Crippen LogP contribution in [0.4, 0.5) is 13.2 Å². The Bertz CT molecular complexity index is 385. The molecule has 0 fully saturated rings. The van der Waals surface area contributed by atoms with Crippen LogP contribution in [0.15, 0.2) is 11.6 Å². The van der Waals surface area contributed by atoms with Gasteiger partial charge in [0.2, 0.25) is 0 Å². The second-order valence-corrected chi connectivity index (χ2v) is 4.58. The molecule has 16 heavy (non-hydrogen) atoms. The smallest absolute Gasteiger partial charge is 0.478 e. The van der Waals surface area contributed by atoms with E-state index in [1.54, 1.807) is 0 Å². The zero-order valence-corrected chi connectivity index (χ0v) is 9.02. The fourth-order valence-electron chi connectivity index (χ4n) is 0.651. The lowest BCUT2D eigenvalue weighted by Gasteiger charge is -2.08. The Balaban J connectivity index is 4.22. The van der Waals surface area contributed by atoms with Gasteiger partial charge in [-0.05, 0) is 13.3 Å². The minimum atomic E-state index is -5.35. The Hall–Kier alpha value is -1.09. The van der Waals surface area contributed by atoms with Gasteiger partial charge in [-0.1, -0.05) is 6.08 Å². The lowest BCUT2D eigenvalue weighted by Crippen LogP contribution is -2.36. The molecule has 0 aliphatic rings. The van der Waals surface area contributed by atoms with E-state index in [0.717, 1.165) is 6.08 Å². The van der Waals surface area contributed by atoms with E-state index in [1.165, 1.54) is 11.6 Å². The molecule has 0 aromatic carbocycles. The number of hydrogen-bond donors (Lipinski definition) is 2. The molecule has 5 nitrogen and oxygen atoms in total. The fourth-order valence-corrected chi connectivity index (χ4v) is 1.20. The van der Waals surface area contributed by atoms with Crippen LogP contribution in [-0.4, -0.2) is 31.5 Å². The van der Waals surface area contributed by atoms with Crippen molar-refractivity contribution >= 4 is 16.0 Å². The van der Waals surface area contributed by atoms with Gasteiger partial charge in [0.25, 0.3) is 0 Å². The maximum absolute atomic E-state index is 11.8. The number of rotatable bonds is 5. The number of carbonyl (C=O) groups is 1. The molecule has 0 aliphatic carbocycles. The summed E-state index contributed by atoms with van der Waals surface area (Å²) in [5.41, 5.74) is -5.41. The molecule has 0 aliphatic heterocycles. The van der Waals surface area contributed by atoms with E-state index in [-0.39, 0.29) is 12.0 Å². The SMILES string of the molecule is CC(=CCCNS(=O)(=O)C(F)(F)F)C(=O)O. The molecule has 0 bridgehead atoms. The Kier molecular flexibility index (Phi) is 4.94. The molecular formula is C7H10F3NO4S. The highest BCUT2D eigenvalue weighted by Crippen LogP contribution is 2.21. The van der Waals surface area contributed by atoms with Gasteiger partial charge in [0.1, 0.15) is 0 Å². The van der Waals surface area contributed by atoms with Crippen molar-refractivity contribution < 1.29 is 31.5 Å². The third-order valence-electron chi connectivity index (χ3n) is 1.53. The average molecular weight is 261 g/mol. The summed E-state index contributed by atoms with van der Waals surface area (Å²) >= 11 is 0. The highest BCUT2D eigenvalue weighted by atomic mass is 32.2. The molecule has 94 valence electrons. The van der Waals surface area contributed by atoms with Crippen LogP contribution < -0.4 is 4.72 Å². The number of sulfonamides is 1. The number of nitrogens with one attached hydrogen (secondary N) is 1. The normalized spacial score (nSPS) is 13.9. The Labute approximate surface area is 90.0 Å². The van der Waals surface area contributed by atoms with Crippen molar-refractivity contribution in [2.45, 2.75) is 18.9 Å². The molecule has 0 aromatic heterocycles. The first-order valence-corrected chi connectivity index (χ1v) is 5.52. The minimum absolute atomic E-state index is 0.0637. The Morgan fingerprint density at radius 1 is 1.44 bits per heavy atom. The minimum Gasteiger partial charge on any atom is -0.478 e. The second kappa shape index (κ2) is 5.30. The molecule has 9 heteroatoms. The fraction of sp³-hybridized carbons (Fsp3) is 0.571. The predicted octanol–water partition coefficient (Wildman–Crippen LogP) is 0.847. The van der Waals surface area contributed by atoms with Gasteiger partial charge in [-0.15, -0.1) is 0 Å². The molecule has 0 unspecified atom stereocenters. The Morgan fingerprint density at radius 3 is 2.31 bits per heavy atom. The Morgan fingerprint density at radius 2 is 1.94 bits per heavy atom. The van der Waals surface area contributed by atoms with Gasteiger partial charge in [-0.25, -0.2) is 17.9 Å². The maximum atomic E-state index is 11.8. The summed E-state index contributed by atoms with van der Waals surface area (Å²) in [4.78, 5) is 10.3. The lowest BCUT2D eigenvalue weighted by molar-refractivity contribution is -0.132. The molecule has 0 saturated carbocycles. The van der Waals surface area contributed by atoms with E-state index in [4.69, 9.17) is 5.11 Å². The largest absolute Gasteiger partial charge is 0.511 e. The molecule has 0 saturated heterocycles. The van der Waals surface area contributed by atoms with Gasteiger partial charge in [0, 0.05) is 12.1 Å². The van der Waals surface area contributed by atoms with E-state index in [9.17, 15) is 26.4 Å². The number of halogens is 3. The average Bonchev–Trinajstić information content (AvgIpc) is 2.09. The van der Waals surface area contributed by atoms with Crippen molar-refractivity contribution in [1.29, 1.82) is 0 Å². The summed E-state index contributed by atoms with van der Waals surface area (Å²) in [6, 6.07) is 0. The van der Waals surface area contributed by atoms with Gasteiger partial charge in [-0.3, -0.25) is 0 Å². The van der Waals surface area contributed by atoms with Crippen LogP contribution in [0.1, 0.15) is 13.3 Å². The maximum Gasteiger partial charge on any atom is 0.511 e. The van der Waals surface area contributed by atoms with Crippen LogP contribution in [-0.2, 0) is 14.8 Å². The zero-order chi connectivity index (χ0) is 13.0. The number of carboxylic acids is 1. The van der Waals surface area contributed by atoms with Crippen molar-refractivity contribution in [2.24, 2.45) is 0 Å². The van der Waals surface area contributed by atoms with Crippen LogP contribution >= 0.6 is 0 Å². The molecule has 0 atom stereocenters. The van der Waals surface area contributed by atoms with E-state index in [0.29, 0.717) is 0 Å². The molecular weight excluding hydrogens is 251 g/mol. The molecule has 0 heterocycles. The van der Waals surface area contributed by atoms with Crippen molar-refractivity contribution in [3.63, 3.8) is 0 Å². The van der Waals surface area contributed by atoms with Crippen molar-refractivity contribution in [3.8, 4) is 0 Å². The summed E-state index contributed by atoms with van der Waals surface area (Å²) in [7, 11) is -5.34. The van der Waals surface area contributed by atoms with E-state index >= 15 is 0 Å². The summed E-state index contributed by atoms with van der Waals surface area (Å²) in [5.74, 6) is -1.21. The first kappa shape index (κ1) is 14.9. The summed E-state index contributed by atoms with van der Waals surface area (Å²) in [6.45, 7) is 0.743. The van der Waals surface area contributed by atoms with Gasteiger partial charge in [0.15, 0.2) is 0 Å². The van der Waals surface area contributed by atoms with E-state index in [1.807, 2.05) is 0 Å². The molecule has 0 rings (SSSR count). The van der Waals surface area contributed by atoms with Gasteiger partial charge >= 0.3 is 21.5 Å². The van der Waals surface area contributed by atoms with Crippen molar-refractivity contribution in [2.75, 3.05) is 6.54 Å². The molecule has 0 radical (unpaired) electrons. The number of hydrogen-bond acceptors (Lipinski definition) is 3. The topological polar surface area (TPSA) is 83.5 Å². The molecule has 0 amide bonds. The molecule has 2 N–H and O–H groups in total. The van der Waals surface area contributed by atoms with Crippen molar-refractivity contribution in [3.05, 3.63) is 11.6 Å². The third-order valence-corrected chi connectivity index (χ3v) is 2.72. The number of carboxylic acid groups (broad SMARTS) is 1. The van der Waals surface area contributed by atoms with Crippen LogP contribution in [0.25, 0.3) is 0 Å². The first-order chi connectivity index (χ1) is 7.08. The summed E-state index contributed by atoms with van der Waals surface area (Å²) in [5, 5.41) is 8.38. The zero-order valence-electron chi connectivity index (χ0n) is 8.21. The highest BCUT2D eigenvalue weighted by molar-refractivity contribution is 7.90. The molecule has 0 aromatic rings. The number of aliphatic carboxylic acids is 1. The monoisotopic (exact) mass is 261 g/mol. The van der Waals surface area contributed by atoms with Crippen LogP contribution in [0.3, 0.4) is 0 Å². The van der Waals surface area contributed by atoms with Gasteiger partial charge < -0.3 is 5.11 Å². The first-order valence-electron chi connectivity index (χ1n) is 4.04. The lowest BCUT2D eigenvalue weighted by atomic mass is 10.2. The standard InChI is InChI=1S/C7H10F3NO4S/c1-5(6(12)13)3-2-4-11-16(14,15)7(8,9)10/h3,11H,2,4H2,1H3,(H,12,13). The van der Waals surface area contributed by atoms with Crippen LogP contribution in [0.5, 0.6) is 0 Å². The van der Waals surface area contributed by atoms with Gasteiger partial charge in [0.05, 0.1) is 0 Å². The predicted molar refractivity (Wildman–Crippen MR) is 49.0 cm³/mol. The van der Waals surface area contributed by atoms with Crippen LogP contribution in [0, 0.1) is 0 Å².